The van der Waals surface area contributed by atoms with Gasteiger partial charge in [0.15, 0.2) is 0 Å². The maximum absolute atomic E-state index is 10.7. The van der Waals surface area contributed by atoms with Crippen LogP contribution in [0, 0.1) is 5.92 Å². The average Bonchev–Trinajstić information content (AvgIpc) is 2.18. The minimum atomic E-state index is -0.813. The largest absolute Gasteiger partial charge is 0.481 e. The molecule has 0 spiro atoms. The molecule has 4 heteroatoms. The first kappa shape index (κ1) is 12.2. The average molecular weight is 272 g/mol. The molecule has 0 fully saturated rings. The van der Waals surface area contributed by atoms with Crippen LogP contribution >= 0.6 is 15.9 Å². The van der Waals surface area contributed by atoms with Gasteiger partial charge in [0.25, 0.3) is 0 Å². The van der Waals surface area contributed by atoms with Gasteiger partial charge in [-0.1, -0.05) is 28.1 Å². The second-order valence-corrected chi connectivity index (χ2v) is 4.36. The summed E-state index contributed by atoms with van der Waals surface area (Å²) in [4.78, 5) is 10.7. The van der Waals surface area contributed by atoms with Gasteiger partial charge in [0.05, 0.1) is 5.92 Å². The molecule has 0 saturated heterocycles. The number of nitrogens with two attached hydrogens (primary N) is 1. The van der Waals surface area contributed by atoms with Crippen molar-refractivity contribution in [3.8, 4) is 0 Å². The molecule has 3 N–H and O–H groups in total. The lowest BCUT2D eigenvalue weighted by molar-refractivity contribution is -0.141. The molecule has 0 aliphatic carbocycles. The van der Waals surface area contributed by atoms with Crippen LogP contribution in [0.15, 0.2) is 28.7 Å². The molecular formula is C11H14BrNO2. The van der Waals surface area contributed by atoms with Crippen LogP contribution in [0.1, 0.15) is 12.0 Å². The molecule has 15 heavy (non-hydrogen) atoms. The molecule has 1 aromatic rings. The Morgan fingerprint density at radius 2 is 2.27 bits per heavy atom. The van der Waals surface area contributed by atoms with Crippen molar-refractivity contribution in [2.24, 2.45) is 11.7 Å². The number of hydrogen-bond acceptors (Lipinski definition) is 2. The highest BCUT2D eigenvalue weighted by Gasteiger charge is 2.14. The van der Waals surface area contributed by atoms with Crippen molar-refractivity contribution < 1.29 is 9.90 Å². The Labute approximate surface area is 97.4 Å². The molecule has 0 heterocycles. The van der Waals surface area contributed by atoms with Crippen molar-refractivity contribution in [2.45, 2.75) is 12.8 Å². The Balaban J connectivity index is 2.52. The van der Waals surface area contributed by atoms with Crippen molar-refractivity contribution in [3.63, 3.8) is 0 Å². The zero-order chi connectivity index (χ0) is 11.3. The van der Waals surface area contributed by atoms with Crippen LogP contribution in [0.2, 0.25) is 0 Å². The van der Waals surface area contributed by atoms with Gasteiger partial charge in [-0.15, -0.1) is 0 Å². The third-order valence-corrected chi connectivity index (χ3v) is 2.80. The third kappa shape index (κ3) is 4.01. The summed E-state index contributed by atoms with van der Waals surface area (Å²) in [5.41, 5.74) is 6.51. The number of carboxylic acids is 1. The fraction of sp³-hybridized carbons (Fsp3) is 0.364. The quantitative estimate of drug-likeness (QED) is 0.862. The first-order chi connectivity index (χ1) is 7.13. The van der Waals surface area contributed by atoms with Crippen molar-refractivity contribution in [1.29, 1.82) is 0 Å². The van der Waals surface area contributed by atoms with Crippen LogP contribution in [0.25, 0.3) is 0 Å². The summed E-state index contributed by atoms with van der Waals surface area (Å²) in [5.74, 6) is -1.25. The lowest BCUT2D eigenvalue weighted by Gasteiger charge is -2.09. The van der Waals surface area contributed by atoms with Crippen molar-refractivity contribution in [1.82, 2.24) is 0 Å². The van der Waals surface area contributed by atoms with Gasteiger partial charge in [0.2, 0.25) is 0 Å². The van der Waals surface area contributed by atoms with E-state index in [0.717, 1.165) is 16.5 Å². The molecule has 1 rings (SSSR count). The van der Waals surface area contributed by atoms with Crippen LogP contribution in [-0.2, 0) is 11.2 Å². The van der Waals surface area contributed by atoms with E-state index in [2.05, 4.69) is 15.9 Å². The third-order valence-electron chi connectivity index (χ3n) is 2.30. The first-order valence-corrected chi connectivity index (χ1v) is 5.60. The van der Waals surface area contributed by atoms with Crippen LogP contribution < -0.4 is 5.73 Å². The summed E-state index contributed by atoms with van der Waals surface area (Å²) in [7, 11) is 0. The zero-order valence-electron chi connectivity index (χ0n) is 8.32. The minimum Gasteiger partial charge on any atom is -0.481 e. The maximum Gasteiger partial charge on any atom is 0.307 e. The number of aliphatic carboxylic acids is 1. The van der Waals surface area contributed by atoms with Gasteiger partial charge in [0, 0.05) is 11.0 Å². The van der Waals surface area contributed by atoms with Gasteiger partial charge < -0.3 is 10.8 Å². The number of rotatable bonds is 5. The molecule has 0 saturated carbocycles. The fourth-order valence-corrected chi connectivity index (χ4v) is 1.82. The SMILES string of the molecule is NCC(CCc1cccc(Br)c1)C(=O)O. The summed E-state index contributed by atoms with van der Waals surface area (Å²) in [5, 5.41) is 8.82. The van der Waals surface area contributed by atoms with Crippen molar-refractivity contribution in [2.75, 3.05) is 6.54 Å². The first-order valence-electron chi connectivity index (χ1n) is 4.81. The fourth-order valence-electron chi connectivity index (χ4n) is 1.38. The molecule has 0 aliphatic heterocycles. The number of carbonyl (C=O) groups is 1. The Hall–Kier alpha value is -0.870. The van der Waals surface area contributed by atoms with E-state index in [1.165, 1.54) is 0 Å². The standard InChI is InChI=1S/C11H14BrNO2/c12-10-3-1-2-8(6-10)4-5-9(7-13)11(14)15/h1-3,6,9H,4-5,7,13H2,(H,14,15). The maximum atomic E-state index is 10.7. The van der Waals surface area contributed by atoms with Gasteiger partial charge in [-0.05, 0) is 30.5 Å². The Morgan fingerprint density at radius 1 is 1.53 bits per heavy atom. The number of carboxylic acid groups (broad SMARTS) is 1. The van der Waals surface area contributed by atoms with Gasteiger partial charge in [-0.3, -0.25) is 4.79 Å². The molecule has 0 aromatic heterocycles. The second kappa shape index (κ2) is 5.88. The van der Waals surface area contributed by atoms with E-state index in [0.29, 0.717) is 6.42 Å². The predicted molar refractivity (Wildman–Crippen MR) is 62.6 cm³/mol. The van der Waals surface area contributed by atoms with E-state index >= 15 is 0 Å². The van der Waals surface area contributed by atoms with Gasteiger partial charge in [0.1, 0.15) is 0 Å². The van der Waals surface area contributed by atoms with Crippen LogP contribution in [0.5, 0.6) is 0 Å². The van der Waals surface area contributed by atoms with E-state index in [1.54, 1.807) is 0 Å². The van der Waals surface area contributed by atoms with Crippen LogP contribution in [0.4, 0.5) is 0 Å². The summed E-state index contributed by atoms with van der Waals surface area (Å²) >= 11 is 3.37. The minimum absolute atomic E-state index is 0.198. The monoisotopic (exact) mass is 271 g/mol. The van der Waals surface area contributed by atoms with E-state index in [-0.39, 0.29) is 6.54 Å². The molecule has 82 valence electrons. The Morgan fingerprint density at radius 3 is 2.80 bits per heavy atom. The van der Waals surface area contributed by atoms with Crippen molar-refractivity contribution >= 4 is 21.9 Å². The summed E-state index contributed by atoms with van der Waals surface area (Å²) in [6.45, 7) is 0.198. The summed E-state index contributed by atoms with van der Waals surface area (Å²) in [6, 6.07) is 7.87. The van der Waals surface area contributed by atoms with Crippen LogP contribution in [-0.4, -0.2) is 17.6 Å². The molecule has 3 nitrogen and oxygen atoms in total. The highest BCUT2D eigenvalue weighted by molar-refractivity contribution is 9.10. The number of halogens is 1. The highest BCUT2D eigenvalue weighted by Crippen LogP contribution is 2.15. The van der Waals surface area contributed by atoms with Crippen molar-refractivity contribution in [3.05, 3.63) is 34.3 Å². The zero-order valence-corrected chi connectivity index (χ0v) is 9.90. The predicted octanol–water partition coefficient (Wildman–Crippen LogP) is 2.04. The molecular weight excluding hydrogens is 258 g/mol. The Bertz CT molecular complexity index is 341. The molecule has 1 atom stereocenters. The van der Waals surface area contributed by atoms with Gasteiger partial charge in [-0.25, -0.2) is 0 Å². The van der Waals surface area contributed by atoms with Gasteiger partial charge >= 0.3 is 5.97 Å². The molecule has 1 unspecified atom stereocenters. The normalized spacial score (nSPS) is 12.4. The second-order valence-electron chi connectivity index (χ2n) is 3.44. The van der Waals surface area contributed by atoms with Gasteiger partial charge in [-0.2, -0.15) is 0 Å². The topological polar surface area (TPSA) is 63.3 Å². The number of benzene rings is 1. The molecule has 0 radical (unpaired) electrons. The van der Waals surface area contributed by atoms with E-state index in [1.807, 2.05) is 24.3 Å². The summed E-state index contributed by atoms with van der Waals surface area (Å²) < 4.78 is 1.01. The van der Waals surface area contributed by atoms with E-state index in [9.17, 15) is 4.79 Å². The van der Waals surface area contributed by atoms with E-state index in [4.69, 9.17) is 10.8 Å². The summed E-state index contributed by atoms with van der Waals surface area (Å²) in [6.07, 6.45) is 1.33. The highest BCUT2D eigenvalue weighted by atomic mass is 79.9. The smallest absolute Gasteiger partial charge is 0.307 e. The number of aryl methyl sites for hydroxylation is 1. The Kier molecular flexibility index (Phi) is 4.78. The lowest BCUT2D eigenvalue weighted by atomic mass is 10.00. The lowest BCUT2D eigenvalue weighted by Crippen LogP contribution is -2.23. The molecule has 0 amide bonds. The molecule has 0 aliphatic rings. The van der Waals surface area contributed by atoms with Crippen LogP contribution in [0.3, 0.4) is 0 Å². The number of hydrogen-bond donors (Lipinski definition) is 2. The molecule has 0 bridgehead atoms. The van der Waals surface area contributed by atoms with E-state index < -0.39 is 11.9 Å². The molecule has 1 aromatic carbocycles.